The summed E-state index contributed by atoms with van der Waals surface area (Å²) in [7, 11) is -1.77. The third kappa shape index (κ3) is 6.58. The van der Waals surface area contributed by atoms with E-state index in [2.05, 4.69) is 5.16 Å². The number of ether oxygens (including phenoxy) is 2. The van der Waals surface area contributed by atoms with Crippen LogP contribution in [0.2, 0.25) is 0 Å². The Bertz CT molecular complexity index is 1110. The van der Waals surface area contributed by atoms with Crippen molar-refractivity contribution in [3.8, 4) is 11.5 Å². The fourth-order valence-corrected chi connectivity index (χ4v) is 3.36. The summed E-state index contributed by atoms with van der Waals surface area (Å²) in [6, 6.07) is 8.50. The molecule has 0 spiro atoms. The maximum atomic E-state index is 11.8. The molecule has 31 heavy (non-hydrogen) atoms. The van der Waals surface area contributed by atoms with Crippen molar-refractivity contribution in [2.24, 2.45) is 11.1 Å². The van der Waals surface area contributed by atoms with Gasteiger partial charge in [0.25, 0.3) is 0 Å². The average molecular weight is 449 g/mol. The molecule has 1 fully saturated rings. The highest BCUT2D eigenvalue weighted by atomic mass is 32.2. The van der Waals surface area contributed by atoms with Gasteiger partial charge in [-0.05, 0) is 50.8 Å². The second kappa shape index (κ2) is 9.55. The normalized spacial score (nSPS) is 14.4. The van der Waals surface area contributed by atoms with Crippen LogP contribution in [0.25, 0.3) is 0 Å². The molecule has 9 heteroatoms. The summed E-state index contributed by atoms with van der Waals surface area (Å²) in [5.74, 6) is 1.25. The van der Waals surface area contributed by atoms with E-state index in [0.29, 0.717) is 35.3 Å². The van der Waals surface area contributed by atoms with Gasteiger partial charge >= 0.3 is 0 Å². The summed E-state index contributed by atoms with van der Waals surface area (Å²) < 4.78 is 36.2. The number of rotatable bonds is 10. The molecular weight excluding hydrogens is 420 g/mol. The van der Waals surface area contributed by atoms with Gasteiger partial charge < -0.3 is 18.9 Å². The van der Waals surface area contributed by atoms with Crippen molar-refractivity contribution in [1.82, 2.24) is 4.57 Å². The lowest BCUT2D eigenvalue weighted by atomic mass is 10.1. The fourth-order valence-electron chi connectivity index (χ4n) is 3.12. The van der Waals surface area contributed by atoms with Crippen LogP contribution in [0.3, 0.4) is 0 Å². The van der Waals surface area contributed by atoms with E-state index in [1.165, 1.54) is 12.8 Å². The van der Waals surface area contributed by atoms with E-state index in [0.717, 1.165) is 17.6 Å². The molecule has 2 aromatic rings. The first-order valence-corrected chi connectivity index (χ1v) is 12.1. The number of hydrogen-bond donors (Lipinski definition) is 0. The Morgan fingerprint density at radius 2 is 1.81 bits per heavy atom. The van der Waals surface area contributed by atoms with Crippen LogP contribution >= 0.6 is 0 Å². The highest BCUT2D eigenvalue weighted by molar-refractivity contribution is 7.90. The number of benzene rings is 1. The predicted molar refractivity (Wildman–Crippen MR) is 119 cm³/mol. The van der Waals surface area contributed by atoms with E-state index < -0.39 is 15.8 Å². The van der Waals surface area contributed by atoms with Gasteiger partial charge in [-0.1, -0.05) is 5.16 Å². The summed E-state index contributed by atoms with van der Waals surface area (Å²) in [5.41, 5.74) is 2.66. The van der Waals surface area contributed by atoms with E-state index >= 15 is 0 Å². The first-order valence-electron chi connectivity index (χ1n) is 10.0. The quantitative estimate of drug-likeness (QED) is 0.410. The Hall–Kier alpha value is -2.81. The van der Waals surface area contributed by atoms with Crippen LogP contribution < -0.4 is 14.9 Å². The number of aromatic nitrogens is 1. The Balaban J connectivity index is 1.96. The lowest BCUT2D eigenvalue weighted by Crippen LogP contribution is -2.20. The van der Waals surface area contributed by atoms with Crippen molar-refractivity contribution in [2.45, 2.75) is 33.2 Å². The average Bonchev–Trinajstić information content (AvgIpc) is 3.51. The van der Waals surface area contributed by atoms with Gasteiger partial charge in [0.2, 0.25) is 5.94 Å². The first kappa shape index (κ1) is 22.9. The van der Waals surface area contributed by atoms with Crippen LogP contribution in [0.1, 0.15) is 29.8 Å². The summed E-state index contributed by atoms with van der Waals surface area (Å²) in [6.07, 6.45) is 3.41. The molecule has 8 nitrogen and oxygen atoms in total. The molecule has 0 N–H and O–H groups in total. The van der Waals surface area contributed by atoms with Gasteiger partial charge in [-0.3, -0.25) is 4.79 Å². The summed E-state index contributed by atoms with van der Waals surface area (Å²) in [4.78, 5) is 16.9. The van der Waals surface area contributed by atoms with Gasteiger partial charge in [0.1, 0.15) is 5.71 Å². The largest absolute Gasteiger partial charge is 0.493 e. The number of methoxy groups -OCH3 is 1. The van der Waals surface area contributed by atoms with E-state index in [-0.39, 0.29) is 12.0 Å². The molecule has 1 aliphatic rings. The SMILES string of the molecule is COc1ccc(/C(Cn2c(C)cc(=O)cc2C)=N/OCS(C)(=O)=O)cc1OCC1CC1. The van der Waals surface area contributed by atoms with Crippen LogP contribution in [0.5, 0.6) is 11.5 Å². The molecule has 0 bridgehead atoms. The number of nitrogens with zero attached hydrogens (tertiary/aromatic N) is 2. The molecule has 1 aromatic heterocycles. The zero-order valence-corrected chi connectivity index (χ0v) is 19.1. The van der Waals surface area contributed by atoms with Crippen LogP contribution in [0.15, 0.2) is 40.3 Å². The van der Waals surface area contributed by atoms with E-state index in [1.807, 2.05) is 30.5 Å². The van der Waals surface area contributed by atoms with Crippen LogP contribution in [0, 0.1) is 19.8 Å². The Morgan fingerprint density at radius 3 is 2.39 bits per heavy atom. The third-order valence-corrected chi connectivity index (χ3v) is 5.51. The van der Waals surface area contributed by atoms with Crippen molar-refractivity contribution in [2.75, 3.05) is 25.9 Å². The maximum absolute atomic E-state index is 11.8. The van der Waals surface area contributed by atoms with Gasteiger partial charge in [-0.25, -0.2) is 8.42 Å². The zero-order chi connectivity index (χ0) is 22.6. The Morgan fingerprint density at radius 1 is 1.13 bits per heavy atom. The lowest BCUT2D eigenvalue weighted by Gasteiger charge is -2.17. The van der Waals surface area contributed by atoms with Crippen molar-refractivity contribution in [1.29, 1.82) is 0 Å². The minimum Gasteiger partial charge on any atom is -0.493 e. The van der Waals surface area contributed by atoms with Crippen molar-refractivity contribution in [3.05, 3.63) is 57.5 Å². The number of oxime groups is 1. The predicted octanol–water partition coefficient (Wildman–Crippen LogP) is 2.69. The van der Waals surface area contributed by atoms with E-state index in [9.17, 15) is 13.2 Å². The Kier molecular flexibility index (Phi) is 7.04. The zero-order valence-electron chi connectivity index (χ0n) is 18.3. The molecule has 0 unspecified atom stereocenters. The second-order valence-electron chi connectivity index (χ2n) is 7.89. The van der Waals surface area contributed by atoms with E-state index in [4.69, 9.17) is 14.3 Å². The highest BCUT2D eigenvalue weighted by Gasteiger charge is 2.23. The molecule has 0 aliphatic heterocycles. The molecule has 0 saturated heterocycles. The van der Waals surface area contributed by atoms with Crippen LogP contribution in [-0.4, -0.2) is 44.6 Å². The van der Waals surface area contributed by atoms with Crippen molar-refractivity contribution < 1.29 is 22.7 Å². The number of aryl methyl sites for hydroxylation is 2. The number of pyridine rings is 1. The molecule has 3 rings (SSSR count). The monoisotopic (exact) mass is 448 g/mol. The Labute approximate surface area is 182 Å². The summed E-state index contributed by atoms with van der Waals surface area (Å²) in [6.45, 7) is 4.58. The van der Waals surface area contributed by atoms with Crippen LogP contribution in [0.4, 0.5) is 0 Å². The molecule has 0 radical (unpaired) electrons. The smallest absolute Gasteiger partial charge is 0.217 e. The molecule has 1 aromatic carbocycles. The molecule has 1 heterocycles. The molecule has 0 atom stereocenters. The summed E-state index contributed by atoms with van der Waals surface area (Å²) >= 11 is 0. The molecule has 1 aliphatic carbocycles. The standard InChI is InChI=1S/C22H28N2O6S/c1-15-9-19(25)10-16(2)24(15)12-20(23-30-14-31(4,26)27)18-7-8-21(28-3)22(11-18)29-13-17-5-6-17/h7-11,17H,5-6,12-14H2,1-4H3/b23-20+. The second-order valence-corrected chi connectivity index (χ2v) is 9.98. The molecule has 168 valence electrons. The minimum absolute atomic E-state index is 0.0710. The summed E-state index contributed by atoms with van der Waals surface area (Å²) in [5, 5.41) is 4.13. The van der Waals surface area contributed by atoms with Crippen LogP contribution in [-0.2, 0) is 21.2 Å². The number of sulfone groups is 1. The van der Waals surface area contributed by atoms with E-state index in [1.54, 1.807) is 25.3 Å². The minimum atomic E-state index is -3.35. The van der Waals surface area contributed by atoms with Gasteiger partial charge in [0, 0.05) is 35.3 Å². The highest BCUT2D eigenvalue weighted by Crippen LogP contribution is 2.33. The maximum Gasteiger partial charge on any atom is 0.217 e. The molecular formula is C22H28N2O6S. The topological polar surface area (TPSA) is 96.2 Å². The van der Waals surface area contributed by atoms with Gasteiger partial charge in [-0.2, -0.15) is 0 Å². The molecule has 0 amide bonds. The lowest BCUT2D eigenvalue weighted by molar-refractivity contribution is 0.189. The van der Waals surface area contributed by atoms with Gasteiger partial charge in [0.15, 0.2) is 26.8 Å². The van der Waals surface area contributed by atoms with Crippen molar-refractivity contribution >= 4 is 15.5 Å². The van der Waals surface area contributed by atoms with Gasteiger partial charge in [0.05, 0.1) is 20.3 Å². The third-order valence-electron chi connectivity index (χ3n) is 4.97. The van der Waals surface area contributed by atoms with Gasteiger partial charge in [-0.15, -0.1) is 0 Å². The molecule has 1 saturated carbocycles. The first-order chi connectivity index (χ1) is 14.7. The number of hydrogen-bond acceptors (Lipinski definition) is 7. The van der Waals surface area contributed by atoms with Crippen molar-refractivity contribution in [3.63, 3.8) is 0 Å². The fraction of sp³-hybridized carbons (Fsp3) is 0.455.